The topological polar surface area (TPSA) is 79.6 Å². The van der Waals surface area contributed by atoms with Crippen molar-refractivity contribution in [2.45, 2.75) is 25.8 Å². The predicted octanol–water partition coefficient (Wildman–Crippen LogP) is 0.742. The van der Waals surface area contributed by atoms with Crippen molar-refractivity contribution in [1.82, 2.24) is 9.62 Å². The van der Waals surface area contributed by atoms with E-state index in [2.05, 4.69) is 4.72 Å². The molecule has 1 amide bonds. The van der Waals surface area contributed by atoms with Gasteiger partial charge in [-0.15, -0.1) is 0 Å². The summed E-state index contributed by atoms with van der Waals surface area (Å²) in [5.41, 5.74) is 0. The summed E-state index contributed by atoms with van der Waals surface area (Å²) in [6, 6.07) is 3.16. The fraction of sp³-hybridized carbons (Fsp3) is 0.583. The fourth-order valence-electron chi connectivity index (χ4n) is 2.27. The maximum absolute atomic E-state index is 12.2. The van der Waals surface area contributed by atoms with Gasteiger partial charge in [-0.05, 0) is 31.9 Å². The molecule has 1 aromatic rings. The summed E-state index contributed by atoms with van der Waals surface area (Å²) in [5.74, 6) is 0.803. The number of carbonyl (C=O) groups is 1. The molecule has 1 fully saturated rings. The average molecular weight is 286 g/mol. The number of furan rings is 1. The lowest BCUT2D eigenvalue weighted by atomic mass is 10.1. The minimum absolute atomic E-state index is 0.187. The summed E-state index contributed by atoms with van der Waals surface area (Å²) in [6.07, 6.45) is 2.65. The Balaban J connectivity index is 2.03. The smallest absolute Gasteiger partial charge is 0.289 e. The van der Waals surface area contributed by atoms with Crippen LogP contribution >= 0.6 is 0 Å². The average Bonchev–Trinajstić information content (AvgIpc) is 2.73. The normalized spacial score (nSPS) is 20.5. The van der Waals surface area contributed by atoms with Gasteiger partial charge >= 0.3 is 0 Å². The highest BCUT2D eigenvalue weighted by atomic mass is 32.2. The zero-order valence-corrected chi connectivity index (χ0v) is 11.9. The predicted molar refractivity (Wildman–Crippen MR) is 70.4 cm³/mol. The molecular formula is C12H18N2O4S. The molecule has 1 aliphatic heterocycles. The second kappa shape index (κ2) is 5.34. The number of carbonyl (C=O) groups excluding carboxylic acids is 1. The second-order valence-corrected chi connectivity index (χ2v) is 6.67. The zero-order valence-electron chi connectivity index (χ0n) is 11.0. The second-order valence-electron chi connectivity index (χ2n) is 4.89. The van der Waals surface area contributed by atoms with Crippen LogP contribution < -0.4 is 4.72 Å². The molecule has 0 aromatic carbocycles. The van der Waals surface area contributed by atoms with Crippen LogP contribution in [-0.2, 0) is 10.0 Å². The minimum Gasteiger partial charge on any atom is -0.456 e. The summed E-state index contributed by atoms with van der Waals surface area (Å²) < 4.78 is 30.3. The summed E-state index contributed by atoms with van der Waals surface area (Å²) in [7, 11) is -3.24. The van der Waals surface area contributed by atoms with Crippen LogP contribution in [0.4, 0.5) is 0 Å². The van der Waals surface area contributed by atoms with Gasteiger partial charge in [-0.2, -0.15) is 0 Å². The van der Waals surface area contributed by atoms with Crippen LogP contribution in [0.25, 0.3) is 0 Å². The van der Waals surface area contributed by atoms with Crippen LogP contribution in [0.2, 0.25) is 0 Å². The Labute approximate surface area is 112 Å². The van der Waals surface area contributed by atoms with Gasteiger partial charge in [0.1, 0.15) is 5.76 Å². The first-order valence-electron chi connectivity index (χ1n) is 6.18. The molecule has 2 rings (SSSR count). The molecule has 2 heterocycles. The van der Waals surface area contributed by atoms with Crippen LogP contribution in [0.15, 0.2) is 16.5 Å². The summed E-state index contributed by atoms with van der Waals surface area (Å²) in [4.78, 5) is 13.8. The van der Waals surface area contributed by atoms with E-state index in [9.17, 15) is 13.2 Å². The van der Waals surface area contributed by atoms with Crippen LogP contribution in [0.5, 0.6) is 0 Å². The van der Waals surface area contributed by atoms with Gasteiger partial charge in [0, 0.05) is 19.1 Å². The van der Waals surface area contributed by atoms with Crippen LogP contribution in [-0.4, -0.2) is 44.6 Å². The van der Waals surface area contributed by atoms with Crippen molar-refractivity contribution in [2.24, 2.45) is 0 Å². The standard InChI is InChI=1S/C12H18N2O4S/c1-9-5-6-11(18-9)12(15)14-7-3-4-10(8-14)13-19(2,16)17/h5-6,10,13H,3-4,7-8H2,1-2H3/t10-/m0/s1. The van der Waals surface area contributed by atoms with E-state index in [-0.39, 0.29) is 11.9 Å². The third-order valence-corrected chi connectivity index (χ3v) is 3.80. The number of hydrogen-bond donors (Lipinski definition) is 1. The van der Waals surface area contributed by atoms with E-state index in [1.165, 1.54) is 0 Å². The van der Waals surface area contributed by atoms with Gasteiger partial charge in [0.05, 0.1) is 6.26 Å². The van der Waals surface area contributed by atoms with Crippen molar-refractivity contribution in [2.75, 3.05) is 19.3 Å². The van der Waals surface area contributed by atoms with Crippen molar-refractivity contribution >= 4 is 15.9 Å². The van der Waals surface area contributed by atoms with Gasteiger partial charge in [0.15, 0.2) is 5.76 Å². The lowest BCUT2D eigenvalue weighted by molar-refractivity contribution is 0.0669. The molecule has 0 aliphatic carbocycles. The molecule has 1 saturated heterocycles. The molecule has 6 nitrogen and oxygen atoms in total. The van der Waals surface area contributed by atoms with Crippen molar-refractivity contribution in [3.63, 3.8) is 0 Å². The number of piperidine rings is 1. The van der Waals surface area contributed by atoms with Gasteiger partial charge < -0.3 is 9.32 Å². The molecule has 7 heteroatoms. The molecule has 1 atom stereocenters. The van der Waals surface area contributed by atoms with E-state index >= 15 is 0 Å². The quantitative estimate of drug-likeness (QED) is 0.889. The summed E-state index contributed by atoms with van der Waals surface area (Å²) in [6.45, 7) is 2.78. The van der Waals surface area contributed by atoms with E-state index in [0.717, 1.165) is 19.1 Å². The zero-order chi connectivity index (χ0) is 14.0. The van der Waals surface area contributed by atoms with Gasteiger partial charge in [-0.3, -0.25) is 4.79 Å². The number of rotatable bonds is 3. The molecule has 0 spiro atoms. The van der Waals surface area contributed by atoms with E-state index in [4.69, 9.17) is 4.42 Å². The highest BCUT2D eigenvalue weighted by molar-refractivity contribution is 7.88. The molecule has 1 aliphatic rings. The lowest BCUT2D eigenvalue weighted by Crippen LogP contribution is -2.49. The first-order valence-corrected chi connectivity index (χ1v) is 8.07. The molecule has 0 saturated carbocycles. The monoisotopic (exact) mass is 286 g/mol. The van der Waals surface area contributed by atoms with Gasteiger partial charge in [-0.1, -0.05) is 0 Å². The highest BCUT2D eigenvalue weighted by Gasteiger charge is 2.27. The fourth-order valence-corrected chi connectivity index (χ4v) is 3.06. The van der Waals surface area contributed by atoms with Crippen molar-refractivity contribution < 1.29 is 17.6 Å². The molecule has 0 bridgehead atoms. The third-order valence-electron chi connectivity index (χ3n) is 3.04. The van der Waals surface area contributed by atoms with E-state index in [0.29, 0.717) is 24.6 Å². The summed E-state index contributed by atoms with van der Waals surface area (Å²) in [5, 5.41) is 0. The maximum Gasteiger partial charge on any atom is 0.289 e. The Morgan fingerprint density at radius 3 is 2.79 bits per heavy atom. The van der Waals surface area contributed by atoms with Crippen LogP contribution in [0.3, 0.4) is 0 Å². The van der Waals surface area contributed by atoms with Crippen molar-refractivity contribution in [1.29, 1.82) is 0 Å². The first kappa shape index (κ1) is 14.1. The minimum atomic E-state index is -3.24. The molecule has 0 radical (unpaired) electrons. The highest BCUT2D eigenvalue weighted by Crippen LogP contribution is 2.16. The number of amides is 1. The van der Waals surface area contributed by atoms with Crippen molar-refractivity contribution in [3.8, 4) is 0 Å². The first-order chi connectivity index (χ1) is 8.85. The number of likely N-dealkylation sites (tertiary alicyclic amines) is 1. The maximum atomic E-state index is 12.2. The van der Waals surface area contributed by atoms with Gasteiger partial charge in [0.25, 0.3) is 5.91 Å². The Hall–Kier alpha value is -1.34. The van der Waals surface area contributed by atoms with Gasteiger partial charge in [-0.25, -0.2) is 13.1 Å². The number of hydrogen-bond acceptors (Lipinski definition) is 4. The van der Waals surface area contributed by atoms with Crippen LogP contribution in [0, 0.1) is 6.92 Å². The molecule has 19 heavy (non-hydrogen) atoms. The largest absolute Gasteiger partial charge is 0.456 e. The molecule has 1 aromatic heterocycles. The SMILES string of the molecule is Cc1ccc(C(=O)N2CCC[C@H](NS(C)(=O)=O)C2)o1. The Kier molecular flexibility index (Phi) is 3.96. The number of nitrogens with one attached hydrogen (secondary N) is 1. The van der Waals surface area contributed by atoms with Crippen molar-refractivity contribution in [3.05, 3.63) is 23.7 Å². The lowest BCUT2D eigenvalue weighted by Gasteiger charge is -2.32. The van der Waals surface area contributed by atoms with Crippen LogP contribution in [0.1, 0.15) is 29.2 Å². The van der Waals surface area contributed by atoms with Gasteiger partial charge in [0.2, 0.25) is 10.0 Å². The van der Waals surface area contributed by atoms with E-state index < -0.39 is 10.0 Å². The van der Waals surface area contributed by atoms with E-state index in [1.807, 2.05) is 0 Å². The Bertz CT molecular complexity index is 564. The van der Waals surface area contributed by atoms with E-state index in [1.54, 1.807) is 24.0 Å². The number of aryl methyl sites for hydroxylation is 1. The molecule has 1 N–H and O–H groups in total. The number of nitrogens with zero attached hydrogens (tertiary/aromatic N) is 1. The molecule has 106 valence electrons. The summed E-state index contributed by atoms with van der Waals surface area (Å²) >= 11 is 0. The molecule has 0 unspecified atom stereocenters. The number of sulfonamides is 1. The molecular weight excluding hydrogens is 268 g/mol. The Morgan fingerprint density at radius 2 is 2.21 bits per heavy atom. The Morgan fingerprint density at radius 1 is 1.47 bits per heavy atom. The third kappa shape index (κ3) is 3.81.